The number of carbonyl (C=O) groups excluding carboxylic acids is 1. The lowest BCUT2D eigenvalue weighted by Crippen LogP contribution is -2.40. The second kappa shape index (κ2) is 7.88. The molecule has 1 aromatic rings. The molecule has 4 nitrogen and oxygen atoms in total. The minimum Gasteiger partial charge on any atom is -0.293 e. The largest absolute Gasteiger partial charge is 0.293 e. The van der Waals surface area contributed by atoms with E-state index in [1.54, 1.807) is 18.2 Å². The van der Waals surface area contributed by atoms with Gasteiger partial charge in [0.25, 0.3) is 5.91 Å². The molecule has 7 heteroatoms. The summed E-state index contributed by atoms with van der Waals surface area (Å²) in [6.45, 7) is 2.27. The van der Waals surface area contributed by atoms with E-state index in [1.807, 2.05) is 11.8 Å². The summed E-state index contributed by atoms with van der Waals surface area (Å²) in [6.07, 6.45) is 1.50. The minimum atomic E-state index is -0.119. The van der Waals surface area contributed by atoms with Gasteiger partial charge < -0.3 is 0 Å². The summed E-state index contributed by atoms with van der Waals surface area (Å²) in [7, 11) is 0. The second-order valence-corrected chi connectivity index (χ2v) is 6.33. The number of nitrogens with zero attached hydrogens (tertiary/aromatic N) is 2. The van der Waals surface area contributed by atoms with E-state index in [0.717, 1.165) is 24.6 Å². The van der Waals surface area contributed by atoms with Crippen LogP contribution in [0.5, 0.6) is 0 Å². The Morgan fingerprint density at radius 3 is 2.90 bits per heavy atom. The number of thioether (sulfide) groups is 1. The highest BCUT2D eigenvalue weighted by Crippen LogP contribution is 2.24. The normalized spacial score (nSPS) is 16.5. The van der Waals surface area contributed by atoms with Crippen molar-refractivity contribution in [1.82, 2.24) is 10.3 Å². The first kappa shape index (κ1) is 15.6. The molecule has 2 rings (SSSR count). The molecule has 0 saturated carbocycles. The molecule has 0 aromatic heterocycles. The number of carbonyl (C=O) groups is 1. The molecule has 0 radical (unpaired) electrons. The zero-order valence-electron chi connectivity index (χ0n) is 10.8. The summed E-state index contributed by atoms with van der Waals surface area (Å²) in [5, 5.41) is 4.81. The van der Waals surface area contributed by atoms with Gasteiger partial charge >= 0.3 is 0 Å². The van der Waals surface area contributed by atoms with Crippen LogP contribution in [0.15, 0.2) is 23.3 Å². The van der Waals surface area contributed by atoms with Crippen LogP contribution in [0.1, 0.15) is 5.56 Å². The molecule has 108 valence electrons. The van der Waals surface area contributed by atoms with Gasteiger partial charge in [0.05, 0.1) is 22.8 Å². The van der Waals surface area contributed by atoms with Crippen molar-refractivity contribution in [2.75, 3.05) is 31.1 Å². The van der Waals surface area contributed by atoms with E-state index >= 15 is 0 Å². The number of benzene rings is 1. The monoisotopic (exact) mass is 331 g/mol. The molecule has 0 aliphatic carbocycles. The smallest absolute Gasteiger partial charge is 0.254 e. The maximum Gasteiger partial charge on any atom is 0.254 e. The number of hydrogen-bond donors (Lipinski definition) is 1. The number of amides is 1. The van der Waals surface area contributed by atoms with E-state index in [1.165, 1.54) is 6.21 Å². The van der Waals surface area contributed by atoms with Crippen molar-refractivity contribution in [3.8, 4) is 0 Å². The van der Waals surface area contributed by atoms with Crippen LogP contribution in [0.4, 0.5) is 0 Å². The predicted molar refractivity (Wildman–Crippen MR) is 86.0 cm³/mol. The topological polar surface area (TPSA) is 44.7 Å². The van der Waals surface area contributed by atoms with E-state index in [4.69, 9.17) is 23.2 Å². The van der Waals surface area contributed by atoms with Crippen LogP contribution < -0.4 is 5.43 Å². The highest BCUT2D eigenvalue weighted by atomic mass is 35.5. The minimum absolute atomic E-state index is 0.119. The molecule has 20 heavy (non-hydrogen) atoms. The standard InChI is InChI=1S/C13H15Cl2N3OS/c14-11-3-1-2-10(13(11)15)8-16-17-12(19)9-18-4-6-20-7-5-18/h1-3,8H,4-7,9H2,(H,17,19)/b16-8-. The lowest BCUT2D eigenvalue weighted by atomic mass is 10.2. The van der Waals surface area contributed by atoms with Gasteiger partial charge in [-0.1, -0.05) is 35.3 Å². The summed E-state index contributed by atoms with van der Waals surface area (Å²) in [4.78, 5) is 13.8. The average molecular weight is 332 g/mol. The maximum atomic E-state index is 11.7. The van der Waals surface area contributed by atoms with Crippen LogP contribution in [0.25, 0.3) is 0 Å². The van der Waals surface area contributed by atoms with Crippen molar-refractivity contribution < 1.29 is 4.79 Å². The summed E-state index contributed by atoms with van der Waals surface area (Å²) in [6, 6.07) is 5.27. The molecule has 1 aromatic carbocycles. The molecule has 0 atom stereocenters. The van der Waals surface area contributed by atoms with E-state index in [-0.39, 0.29) is 5.91 Å². The Labute approximate surface area is 132 Å². The summed E-state index contributed by atoms with van der Waals surface area (Å²) in [5.41, 5.74) is 3.18. The van der Waals surface area contributed by atoms with Gasteiger partial charge in [-0.05, 0) is 6.07 Å². The van der Waals surface area contributed by atoms with Gasteiger partial charge in [0.2, 0.25) is 0 Å². The fourth-order valence-corrected chi connectivity index (χ4v) is 3.13. The van der Waals surface area contributed by atoms with Gasteiger partial charge in [-0.2, -0.15) is 16.9 Å². The first-order valence-corrected chi connectivity index (χ1v) is 8.14. The highest BCUT2D eigenvalue weighted by Gasteiger charge is 2.13. The third-order valence-corrected chi connectivity index (χ3v) is 4.62. The Morgan fingerprint density at radius 2 is 2.15 bits per heavy atom. The molecule has 0 unspecified atom stereocenters. The number of nitrogens with one attached hydrogen (secondary N) is 1. The Balaban J connectivity index is 1.83. The number of hydrogen-bond acceptors (Lipinski definition) is 4. The first-order chi connectivity index (χ1) is 9.66. The van der Waals surface area contributed by atoms with Crippen molar-refractivity contribution in [3.05, 3.63) is 33.8 Å². The Bertz CT molecular complexity index is 504. The van der Waals surface area contributed by atoms with Gasteiger partial charge in [-0.25, -0.2) is 5.43 Å². The van der Waals surface area contributed by atoms with Gasteiger partial charge in [0.15, 0.2) is 0 Å². The maximum absolute atomic E-state index is 11.7. The van der Waals surface area contributed by atoms with Crippen molar-refractivity contribution >= 4 is 47.1 Å². The number of halogens is 2. The number of rotatable bonds is 4. The average Bonchev–Trinajstić information content (AvgIpc) is 2.44. The van der Waals surface area contributed by atoms with Gasteiger partial charge in [0, 0.05) is 30.2 Å². The van der Waals surface area contributed by atoms with E-state index in [0.29, 0.717) is 22.2 Å². The summed E-state index contributed by atoms with van der Waals surface area (Å²) in [5.74, 6) is 2.04. The zero-order valence-corrected chi connectivity index (χ0v) is 13.1. The quantitative estimate of drug-likeness (QED) is 0.681. The van der Waals surface area contributed by atoms with Crippen molar-refractivity contribution in [2.45, 2.75) is 0 Å². The Morgan fingerprint density at radius 1 is 1.40 bits per heavy atom. The molecule has 0 bridgehead atoms. The van der Waals surface area contributed by atoms with E-state index in [2.05, 4.69) is 15.4 Å². The molecule has 1 amide bonds. The number of hydrazone groups is 1. The van der Waals surface area contributed by atoms with Crippen LogP contribution in [-0.4, -0.2) is 48.2 Å². The molecular weight excluding hydrogens is 317 g/mol. The second-order valence-electron chi connectivity index (χ2n) is 4.32. The van der Waals surface area contributed by atoms with Gasteiger partial charge in [0.1, 0.15) is 0 Å². The Kier molecular flexibility index (Phi) is 6.16. The van der Waals surface area contributed by atoms with Crippen LogP contribution in [0.2, 0.25) is 10.0 Å². The highest BCUT2D eigenvalue weighted by molar-refractivity contribution is 7.99. The van der Waals surface area contributed by atoms with E-state index < -0.39 is 0 Å². The van der Waals surface area contributed by atoms with Gasteiger partial charge in [-0.15, -0.1) is 0 Å². The van der Waals surface area contributed by atoms with Crippen molar-refractivity contribution in [2.24, 2.45) is 5.10 Å². The molecular formula is C13H15Cl2N3OS. The first-order valence-electron chi connectivity index (χ1n) is 6.23. The van der Waals surface area contributed by atoms with Crippen LogP contribution >= 0.6 is 35.0 Å². The molecule has 1 aliphatic heterocycles. The summed E-state index contributed by atoms with van der Waals surface area (Å²) < 4.78 is 0. The Hall–Kier alpha value is -0.750. The predicted octanol–water partition coefficient (Wildman–Crippen LogP) is 2.49. The van der Waals surface area contributed by atoms with Crippen molar-refractivity contribution in [3.63, 3.8) is 0 Å². The molecule has 1 N–H and O–H groups in total. The van der Waals surface area contributed by atoms with Crippen molar-refractivity contribution in [1.29, 1.82) is 0 Å². The lowest BCUT2D eigenvalue weighted by Gasteiger charge is -2.24. The molecule has 1 heterocycles. The van der Waals surface area contributed by atoms with Gasteiger partial charge in [-0.3, -0.25) is 9.69 Å². The summed E-state index contributed by atoms with van der Waals surface area (Å²) >= 11 is 13.8. The molecule has 0 spiro atoms. The lowest BCUT2D eigenvalue weighted by molar-refractivity contribution is -0.122. The van der Waals surface area contributed by atoms with Crippen LogP contribution in [0, 0.1) is 0 Å². The fourth-order valence-electron chi connectivity index (χ4n) is 1.79. The molecule has 1 aliphatic rings. The van der Waals surface area contributed by atoms with Crippen LogP contribution in [-0.2, 0) is 4.79 Å². The third kappa shape index (κ3) is 4.66. The van der Waals surface area contributed by atoms with E-state index in [9.17, 15) is 4.79 Å². The van der Waals surface area contributed by atoms with Crippen LogP contribution in [0.3, 0.4) is 0 Å². The zero-order chi connectivity index (χ0) is 14.4. The SMILES string of the molecule is O=C(CN1CCSCC1)N/N=C\c1cccc(Cl)c1Cl. The molecule has 1 saturated heterocycles. The third-order valence-electron chi connectivity index (χ3n) is 2.85. The molecule has 1 fully saturated rings. The fraction of sp³-hybridized carbons (Fsp3) is 0.385.